The lowest BCUT2D eigenvalue weighted by atomic mass is 9.85. The summed E-state index contributed by atoms with van der Waals surface area (Å²) in [5, 5.41) is 0. The van der Waals surface area contributed by atoms with Crippen LogP contribution in [0.4, 0.5) is 0 Å². The van der Waals surface area contributed by atoms with Crippen LogP contribution in [0.3, 0.4) is 0 Å². The van der Waals surface area contributed by atoms with E-state index >= 15 is 0 Å². The second-order valence-corrected chi connectivity index (χ2v) is 6.27. The molecule has 17 heavy (non-hydrogen) atoms. The number of fused-ring (bicyclic) bond motifs is 1. The number of benzene rings is 1. The minimum absolute atomic E-state index is 0.229. The lowest BCUT2D eigenvalue weighted by Crippen LogP contribution is -2.22. The summed E-state index contributed by atoms with van der Waals surface area (Å²) >= 11 is 0. The second kappa shape index (κ2) is 4.29. The van der Waals surface area contributed by atoms with Gasteiger partial charge in [0.05, 0.1) is 0 Å². The van der Waals surface area contributed by atoms with Crippen LogP contribution in [-0.2, 0) is 17.6 Å². The van der Waals surface area contributed by atoms with E-state index in [0.717, 1.165) is 6.42 Å². The van der Waals surface area contributed by atoms with Crippen molar-refractivity contribution in [2.75, 3.05) is 0 Å². The minimum atomic E-state index is -0.229. The fourth-order valence-electron chi connectivity index (χ4n) is 2.54. The maximum Gasteiger partial charge on any atom is 0.142 e. The Balaban J connectivity index is 2.27. The first-order chi connectivity index (χ1) is 7.89. The van der Waals surface area contributed by atoms with Crippen molar-refractivity contribution in [3.63, 3.8) is 0 Å². The van der Waals surface area contributed by atoms with Gasteiger partial charge in [0.25, 0.3) is 0 Å². The smallest absolute Gasteiger partial charge is 0.142 e. The first kappa shape index (κ1) is 12.3. The largest absolute Gasteiger partial charge is 0.299 e. The Morgan fingerprint density at radius 2 is 2.06 bits per heavy atom. The summed E-state index contributed by atoms with van der Waals surface area (Å²) in [5.41, 5.74) is 3.93. The van der Waals surface area contributed by atoms with Gasteiger partial charge >= 0.3 is 0 Å². The molecule has 1 aliphatic rings. The molecule has 0 radical (unpaired) electrons. The number of ketones is 1. The number of Topliss-reactive ketones (excluding diaryl/α,β-unsaturated/α-hetero) is 1. The highest BCUT2D eigenvalue weighted by molar-refractivity contribution is 5.86. The van der Waals surface area contributed by atoms with Crippen molar-refractivity contribution in [3.05, 3.63) is 34.9 Å². The van der Waals surface area contributed by atoms with E-state index in [9.17, 15) is 4.79 Å². The third-order valence-corrected chi connectivity index (χ3v) is 3.86. The van der Waals surface area contributed by atoms with Crippen molar-refractivity contribution < 1.29 is 4.79 Å². The van der Waals surface area contributed by atoms with Crippen LogP contribution in [0.2, 0.25) is 0 Å². The predicted octanol–water partition coefficient (Wildman–Crippen LogP) is 3.89. The van der Waals surface area contributed by atoms with Crippen molar-refractivity contribution in [2.45, 2.75) is 52.9 Å². The molecule has 0 amide bonds. The maximum atomic E-state index is 12.1. The molecule has 0 heterocycles. The van der Waals surface area contributed by atoms with E-state index in [1.54, 1.807) is 0 Å². The number of rotatable bonds is 2. The predicted molar refractivity (Wildman–Crippen MR) is 71.3 cm³/mol. The van der Waals surface area contributed by atoms with Crippen molar-refractivity contribution >= 4 is 5.78 Å². The molecule has 1 aromatic rings. The first-order valence-electron chi connectivity index (χ1n) is 6.53. The van der Waals surface area contributed by atoms with Crippen LogP contribution >= 0.6 is 0 Å². The molecule has 1 heteroatoms. The maximum absolute atomic E-state index is 12.1. The zero-order chi connectivity index (χ0) is 12.6. The fraction of sp³-hybridized carbons (Fsp3) is 0.562. The summed E-state index contributed by atoms with van der Waals surface area (Å²) in [4.78, 5) is 12.1. The van der Waals surface area contributed by atoms with Crippen LogP contribution in [0, 0.1) is 5.41 Å². The lowest BCUT2D eigenvalue weighted by molar-refractivity contribution is -0.125. The Morgan fingerprint density at radius 1 is 1.35 bits per heavy atom. The Bertz CT molecular complexity index is 437. The number of carbonyl (C=O) groups excluding carboxylic acids is 1. The molecule has 0 bridgehead atoms. The molecule has 1 nitrogen and oxygen atoms in total. The zero-order valence-electron chi connectivity index (χ0n) is 11.3. The summed E-state index contributed by atoms with van der Waals surface area (Å²) in [6, 6.07) is 6.45. The van der Waals surface area contributed by atoms with Crippen LogP contribution in [0.25, 0.3) is 0 Å². The lowest BCUT2D eigenvalue weighted by Gasteiger charge is -2.18. The number of carbonyl (C=O) groups is 1. The van der Waals surface area contributed by atoms with Gasteiger partial charge in [-0.15, -0.1) is 0 Å². The Kier molecular flexibility index (Phi) is 3.11. The third-order valence-electron chi connectivity index (χ3n) is 3.86. The van der Waals surface area contributed by atoms with Crippen LogP contribution < -0.4 is 0 Å². The van der Waals surface area contributed by atoms with Gasteiger partial charge in [-0.2, -0.15) is 0 Å². The standard InChI is InChI=1S/C16H22O/c1-11-8-9-14-12(6-5-7-13(11)14)10-15(17)16(2,3)4/h5-7,11H,8-10H2,1-4H3. The van der Waals surface area contributed by atoms with E-state index in [2.05, 4.69) is 25.1 Å². The fourth-order valence-corrected chi connectivity index (χ4v) is 2.54. The normalized spacial score (nSPS) is 19.2. The summed E-state index contributed by atoms with van der Waals surface area (Å²) in [7, 11) is 0. The van der Waals surface area contributed by atoms with E-state index in [1.165, 1.54) is 23.1 Å². The van der Waals surface area contributed by atoms with Crippen LogP contribution in [0.1, 0.15) is 56.7 Å². The van der Waals surface area contributed by atoms with E-state index in [-0.39, 0.29) is 5.41 Å². The van der Waals surface area contributed by atoms with Crippen molar-refractivity contribution in [1.29, 1.82) is 0 Å². The second-order valence-electron chi connectivity index (χ2n) is 6.27. The quantitative estimate of drug-likeness (QED) is 0.753. The molecule has 1 aromatic carbocycles. The molecule has 0 N–H and O–H groups in total. The Labute approximate surface area is 104 Å². The summed E-state index contributed by atoms with van der Waals surface area (Å²) in [6.45, 7) is 8.28. The van der Waals surface area contributed by atoms with Crippen molar-refractivity contribution in [1.82, 2.24) is 0 Å². The highest BCUT2D eigenvalue weighted by Gasteiger charge is 2.25. The molecule has 1 atom stereocenters. The van der Waals surface area contributed by atoms with Crippen molar-refractivity contribution in [2.24, 2.45) is 5.41 Å². The Morgan fingerprint density at radius 3 is 2.71 bits per heavy atom. The monoisotopic (exact) mass is 230 g/mol. The molecule has 1 unspecified atom stereocenters. The first-order valence-corrected chi connectivity index (χ1v) is 6.53. The molecular formula is C16H22O. The molecule has 1 aliphatic carbocycles. The Hall–Kier alpha value is -1.11. The molecule has 0 spiro atoms. The summed E-state index contributed by atoms with van der Waals surface area (Å²) < 4.78 is 0. The van der Waals surface area contributed by atoms with Crippen LogP contribution in [-0.4, -0.2) is 5.78 Å². The molecule has 2 rings (SSSR count). The molecule has 0 fully saturated rings. The highest BCUT2D eigenvalue weighted by atomic mass is 16.1. The van der Waals surface area contributed by atoms with Gasteiger partial charge in [-0.05, 0) is 35.4 Å². The average molecular weight is 230 g/mol. The topological polar surface area (TPSA) is 17.1 Å². The van der Waals surface area contributed by atoms with Gasteiger partial charge in [0.1, 0.15) is 5.78 Å². The number of hydrogen-bond acceptors (Lipinski definition) is 1. The molecule has 92 valence electrons. The van der Waals surface area contributed by atoms with E-state index < -0.39 is 0 Å². The van der Waals surface area contributed by atoms with Crippen LogP contribution in [0.5, 0.6) is 0 Å². The van der Waals surface area contributed by atoms with Gasteiger partial charge < -0.3 is 0 Å². The van der Waals surface area contributed by atoms with Crippen LogP contribution in [0.15, 0.2) is 18.2 Å². The van der Waals surface area contributed by atoms with Gasteiger partial charge in [-0.1, -0.05) is 45.9 Å². The van der Waals surface area contributed by atoms with E-state index in [0.29, 0.717) is 18.1 Å². The highest BCUT2D eigenvalue weighted by Crippen LogP contribution is 2.35. The minimum Gasteiger partial charge on any atom is -0.299 e. The summed E-state index contributed by atoms with van der Waals surface area (Å²) in [6.07, 6.45) is 2.97. The van der Waals surface area contributed by atoms with Crippen molar-refractivity contribution in [3.8, 4) is 0 Å². The molecular weight excluding hydrogens is 208 g/mol. The van der Waals surface area contributed by atoms with E-state index in [1.807, 2.05) is 20.8 Å². The third kappa shape index (κ3) is 2.43. The molecule has 0 aliphatic heterocycles. The number of hydrogen-bond donors (Lipinski definition) is 0. The molecule has 0 saturated carbocycles. The molecule has 0 aromatic heterocycles. The molecule has 0 saturated heterocycles. The van der Waals surface area contributed by atoms with Gasteiger partial charge in [0.2, 0.25) is 0 Å². The van der Waals surface area contributed by atoms with Gasteiger partial charge in [-0.3, -0.25) is 4.79 Å². The SMILES string of the molecule is CC1CCc2c(CC(=O)C(C)(C)C)cccc21. The van der Waals surface area contributed by atoms with Gasteiger partial charge in [0, 0.05) is 11.8 Å². The zero-order valence-corrected chi connectivity index (χ0v) is 11.3. The average Bonchev–Trinajstić information content (AvgIpc) is 2.60. The van der Waals surface area contributed by atoms with E-state index in [4.69, 9.17) is 0 Å². The van der Waals surface area contributed by atoms with Gasteiger partial charge in [-0.25, -0.2) is 0 Å². The summed E-state index contributed by atoms with van der Waals surface area (Å²) in [5.74, 6) is 1.00. The van der Waals surface area contributed by atoms with Gasteiger partial charge in [0.15, 0.2) is 0 Å².